The molecule has 118 valence electrons. The Morgan fingerprint density at radius 1 is 1.45 bits per heavy atom. The molecule has 0 aliphatic rings. The highest BCUT2D eigenvalue weighted by atomic mass is 32.2. The average Bonchev–Trinajstić information content (AvgIpc) is 2.91. The zero-order valence-corrected chi connectivity index (χ0v) is 13.7. The summed E-state index contributed by atoms with van der Waals surface area (Å²) in [6, 6.07) is 6.17. The molecule has 1 heterocycles. The second-order valence-corrected chi connectivity index (χ2v) is 6.59. The van der Waals surface area contributed by atoms with Gasteiger partial charge in [-0.2, -0.15) is 0 Å². The number of hydrogen-bond acceptors (Lipinski definition) is 7. The average molecular weight is 341 g/mol. The van der Waals surface area contributed by atoms with Gasteiger partial charge in [-0.3, -0.25) is 4.79 Å². The zero-order valence-electron chi connectivity index (χ0n) is 12.0. The molecule has 5 nitrogen and oxygen atoms in total. The minimum Gasteiger partial charge on any atom is -0.466 e. The molecule has 0 bridgehead atoms. The molecular formula is C14H16FN3O2S2. The Balaban J connectivity index is 1.76. The van der Waals surface area contributed by atoms with Crippen molar-refractivity contribution in [3.8, 4) is 0 Å². The lowest BCUT2D eigenvalue weighted by atomic mass is 10.3. The standard InChI is InChI=1S/C14H16FN3O2S2/c1-2-20-12(19)7-4-8-21-14-18-17-13(22-14)16-11-6-3-5-10(15)9-11/h3,5-6,9H,2,4,7-8H2,1H3,(H,16,17). The molecule has 2 aromatic rings. The normalized spacial score (nSPS) is 10.5. The Morgan fingerprint density at radius 2 is 2.32 bits per heavy atom. The van der Waals surface area contributed by atoms with E-state index in [0.29, 0.717) is 23.8 Å². The molecule has 1 N–H and O–H groups in total. The van der Waals surface area contributed by atoms with Crippen molar-refractivity contribution in [3.05, 3.63) is 30.1 Å². The molecule has 1 aromatic carbocycles. The third-order valence-electron chi connectivity index (χ3n) is 2.54. The maximum absolute atomic E-state index is 13.1. The summed E-state index contributed by atoms with van der Waals surface area (Å²) < 4.78 is 18.8. The van der Waals surface area contributed by atoms with E-state index in [9.17, 15) is 9.18 Å². The Kier molecular flexibility index (Phi) is 6.60. The van der Waals surface area contributed by atoms with E-state index >= 15 is 0 Å². The van der Waals surface area contributed by atoms with Gasteiger partial charge in [0.25, 0.3) is 0 Å². The number of hydrogen-bond donors (Lipinski definition) is 1. The zero-order chi connectivity index (χ0) is 15.8. The van der Waals surface area contributed by atoms with Crippen LogP contribution in [0.2, 0.25) is 0 Å². The third-order valence-corrected chi connectivity index (χ3v) is 4.60. The van der Waals surface area contributed by atoms with E-state index in [-0.39, 0.29) is 11.8 Å². The highest BCUT2D eigenvalue weighted by molar-refractivity contribution is 8.01. The van der Waals surface area contributed by atoms with E-state index in [0.717, 1.165) is 16.5 Å². The van der Waals surface area contributed by atoms with E-state index in [2.05, 4.69) is 15.5 Å². The molecule has 0 saturated heterocycles. The first-order valence-corrected chi connectivity index (χ1v) is 8.62. The molecule has 0 amide bonds. The van der Waals surface area contributed by atoms with Crippen molar-refractivity contribution >= 4 is 39.9 Å². The van der Waals surface area contributed by atoms with Crippen LogP contribution in [0.1, 0.15) is 19.8 Å². The summed E-state index contributed by atoms with van der Waals surface area (Å²) in [4.78, 5) is 11.2. The lowest BCUT2D eigenvalue weighted by molar-refractivity contribution is -0.143. The van der Waals surface area contributed by atoms with Gasteiger partial charge in [-0.25, -0.2) is 4.39 Å². The number of nitrogens with one attached hydrogen (secondary N) is 1. The Hall–Kier alpha value is -1.67. The van der Waals surface area contributed by atoms with E-state index in [1.165, 1.54) is 35.2 Å². The van der Waals surface area contributed by atoms with E-state index in [1.54, 1.807) is 19.1 Å². The number of benzene rings is 1. The summed E-state index contributed by atoms with van der Waals surface area (Å²) in [7, 11) is 0. The molecule has 22 heavy (non-hydrogen) atoms. The van der Waals surface area contributed by atoms with Gasteiger partial charge in [0.15, 0.2) is 4.34 Å². The number of esters is 1. The number of carbonyl (C=O) groups excluding carboxylic acids is 1. The molecule has 2 rings (SSSR count). The van der Waals surface area contributed by atoms with Crippen LogP contribution < -0.4 is 5.32 Å². The van der Waals surface area contributed by atoms with Crippen LogP contribution in [0.5, 0.6) is 0 Å². The first-order chi connectivity index (χ1) is 10.7. The maximum Gasteiger partial charge on any atom is 0.305 e. The van der Waals surface area contributed by atoms with E-state index < -0.39 is 0 Å². The fourth-order valence-electron chi connectivity index (χ4n) is 1.62. The quantitative estimate of drug-likeness (QED) is 0.447. The fourth-order valence-corrected chi connectivity index (χ4v) is 3.40. The molecule has 0 atom stereocenters. The van der Waals surface area contributed by atoms with Crippen molar-refractivity contribution in [2.24, 2.45) is 0 Å². The van der Waals surface area contributed by atoms with Crippen molar-refractivity contribution in [3.63, 3.8) is 0 Å². The number of nitrogens with zero attached hydrogens (tertiary/aromatic N) is 2. The monoisotopic (exact) mass is 341 g/mol. The summed E-state index contributed by atoms with van der Waals surface area (Å²) in [5.74, 6) is 0.296. The first-order valence-electron chi connectivity index (χ1n) is 6.82. The number of anilines is 2. The van der Waals surface area contributed by atoms with Gasteiger partial charge in [-0.1, -0.05) is 29.2 Å². The Morgan fingerprint density at radius 3 is 3.09 bits per heavy atom. The second-order valence-electron chi connectivity index (χ2n) is 4.27. The van der Waals surface area contributed by atoms with Crippen molar-refractivity contribution < 1.29 is 13.9 Å². The molecule has 0 aliphatic heterocycles. The van der Waals surface area contributed by atoms with Crippen molar-refractivity contribution in [1.29, 1.82) is 0 Å². The summed E-state index contributed by atoms with van der Waals surface area (Å²) in [6.45, 7) is 2.21. The second kappa shape index (κ2) is 8.70. The van der Waals surface area contributed by atoms with Crippen LogP contribution >= 0.6 is 23.1 Å². The van der Waals surface area contributed by atoms with Crippen molar-refractivity contribution in [1.82, 2.24) is 10.2 Å². The van der Waals surface area contributed by atoms with Gasteiger partial charge in [-0.05, 0) is 31.5 Å². The summed E-state index contributed by atoms with van der Waals surface area (Å²) in [5.41, 5.74) is 0.634. The van der Waals surface area contributed by atoms with E-state index in [1.807, 2.05) is 0 Å². The molecule has 0 fully saturated rings. The van der Waals surface area contributed by atoms with Crippen molar-refractivity contribution in [2.45, 2.75) is 24.1 Å². The minimum atomic E-state index is -0.303. The highest BCUT2D eigenvalue weighted by Crippen LogP contribution is 2.28. The first kappa shape index (κ1) is 16.7. The van der Waals surface area contributed by atoms with Gasteiger partial charge in [0, 0.05) is 17.9 Å². The van der Waals surface area contributed by atoms with Gasteiger partial charge in [0.1, 0.15) is 5.82 Å². The molecule has 8 heteroatoms. The van der Waals surface area contributed by atoms with Crippen LogP contribution in [0.3, 0.4) is 0 Å². The van der Waals surface area contributed by atoms with Crippen molar-refractivity contribution in [2.75, 3.05) is 17.7 Å². The van der Waals surface area contributed by atoms with Crippen LogP contribution in [-0.4, -0.2) is 28.5 Å². The minimum absolute atomic E-state index is 0.172. The van der Waals surface area contributed by atoms with Crippen LogP contribution in [0.15, 0.2) is 28.6 Å². The summed E-state index contributed by atoms with van der Waals surface area (Å²) >= 11 is 2.93. The number of carbonyl (C=O) groups is 1. The molecular weight excluding hydrogens is 325 g/mol. The lowest BCUT2D eigenvalue weighted by Crippen LogP contribution is -2.03. The fraction of sp³-hybridized carbons (Fsp3) is 0.357. The molecule has 0 radical (unpaired) electrons. The Bertz CT molecular complexity index is 622. The van der Waals surface area contributed by atoms with E-state index in [4.69, 9.17) is 4.74 Å². The largest absolute Gasteiger partial charge is 0.466 e. The summed E-state index contributed by atoms with van der Waals surface area (Å²) in [5, 5.41) is 11.7. The van der Waals surface area contributed by atoms with Gasteiger partial charge in [0.2, 0.25) is 5.13 Å². The van der Waals surface area contributed by atoms with Crippen LogP contribution in [-0.2, 0) is 9.53 Å². The predicted octanol–water partition coefficient (Wildman–Crippen LogP) is 3.86. The number of ether oxygens (including phenoxy) is 1. The molecule has 1 aromatic heterocycles. The molecule has 0 aliphatic carbocycles. The smallest absolute Gasteiger partial charge is 0.305 e. The number of thioether (sulfide) groups is 1. The van der Waals surface area contributed by atoms with Crippen LogP contribution in [0.4, 0.5) is 15.2 Å². The van der Waals surface area contributed by atoms with Crippen LogP contribution in [0, 0.1) is 5.82 Å². The summed E-state index contributed by atoms with van der Waals surface area (Å²) in [6.07, 6.45) is 1.14. The highest BCUT2D eigenvalue weighted by Gasteiger charge is 2.07. The number of halogens is 1. The molecule has 0 unspecified atom stereocenters. The molecule has 0 saturated carbocycles. The van der Waals surface area contributed by atoms with Gasteiger partial charge in [0.05, 0.1) is 6.61 Å². The van der Waals surface area contributed by atoms with Gasteiger partial charge in [-0.15, -0.1) is 10.2 Å². The Labute approximate surface area is 136 Å². The lowest BCUT2D eigenvalue weighted by Gasteiger charge is -2.01. The predicted molar refractivity (Wildman–Crippen MR) is 86.2 cm³/mol. The SMILES string of the molecule is CCOC(=O)CCCSc1nnc(Nc2cccc(F)c2)s1. The van der Waals surface area contributed by atoms with Gasteiger partial charge < -0.3 is 10.1 Å². The van der Waals surface area contributed by atoms with Crippen LogP contribution in [0.25, 0.3) is 0 Å². The topological polar surface area (TPSA) is 64.1 Å². The third kappa shape index (κ3) is 5.61. The number of rotatable bonds is 8. The van der Waals surface area contributed by atoms with Gasteiger partial charge >= 0.3 is 5.97 Å². The molecule has 0 spiro atoms. The maximum atomic E-state index is 13.1. The number of aromatic nitrogens is 2.